The normalized spacial score (nSPS) is 11.2. The van der Waals surface area contributed by atoms with Crippen LogP contribution in [0.5, 0.6) is 11.5 Å². The highest BCUT2D eigenvalue weighted by Crippen LogP contribution is 2.27. The number of rotatable bonds is 14. The highest BCUT2D eigenvalue weighted by molar-refractivity contribution is 6.02. The number of phenols is 2. The zero-order chi connectivity index (χ0) is 28.5. The van der Waals surface area contributed by atoms with Gasteiger partial charge in [0, 0.05) is 24.2 Å². The van der Waals surface area contributed by atoms with Crippen LogP contribution >= 0.6 is 0 Å². The van der Waals surface area contributed by atoms with Crippen molar-refractivity contribution in [1.82, 2.24) is 10.8 Å². The van der Waals surface area contributed by atoms with Crippen LogP contribution in [-0.2, 0) is 22.9 Å². The van der Waals surface area contributed by atoms with Crippen molar-refractivity contribution < 1.29 is 39.9 Å². The number of amides is 1. The first-order valence-corrected chi connectivity index (χ1v) is 13.0. The zero-order valence-corrected chi connectivity index (χ0v) is 21.9. The second kappa shape index (κ2) is 13.7. The van der Waals surface area contributed by atoms with Crippen molar-refractivity contribution in [2.24, 2.45) is 0 Å². The predicted octanol–water partition coefficient (Wildman–Crippen LogP) is 5.10. The number of carbonyl (C=O) groups is 2. The number of benzene rings is 4. The van der Waals surface area contributed by atoms with Crippen molar-refractivity contribution in [3.63, 3.8) is 0 Å². The molecule has 0 aromatic heterocycles. The molecule has 6 N–H and O–H groups in total. The predicted molar refractivity (Wildman–Crippen MR) is 149 cm³/mol. The summed E-state index contributed by atoms with van der Waals surface area (Å²) in [6, 6.07) is 16.9. The summed E-state index contributed by atoms with van der Waals surface area (Å²) < 4.78 is 0. The summed E-state index contributed by atoms with van der Waals surface area (Å²) in [5.74, 6) is -1.70. The Labute approximate surface area is 230 Å². The molecule has 10 nitrogen and oxygen atoms in total. The van der Waals surface area contributed by atoms with Gasteiger partial charge in [-0.25, -0.2) is 15.2 Å². The number of aromatic carboxylic acids is 1. The Hall–Kier alpha value is -4.22. The Morgan fingerprint density at radius 1 is 0.725 bits per heavy atom. The van der Waals surface area contributed by atoms with Crippen LogP contribution in [0.1, 0.15) is 57.5 Å². The van der Waals surface area contributed by atoms with Crippen LogP contribution in [0.2, 0.25) is 0 Å². The molecule has 4 aromatic rings. The van der Waals surface area contributed by atoms with Gasteiger partial charge < -0.3 is 20.6 Å². The van der Waals surface area contributed by atoms with Crippen molar-refractivity contribution in [2.45, 2.75) is 38.9 Å². The molecule has 0 aliphatic carbocycles. The standard InChI is InChI=1S/C30H32N2O8/c33-27-15-20-6-5-19(11-23(20)13-25(27)18-40-38)17-39-32-10-4-2-1-3-9-31-29(35)22-8-7-21-16-28(34)26(30(36)37)14-24(21)12-22/h5-8,11-16,32-34,38H,1-4,9-10,17-18H2,(H,31,35)(H,36,37). The van der Waals surface area contributed by atoms with Crippen molar-refractivity contribution in [3.8, 4) is 11.5 Å². The van der Waals surface area contributed by atoms with Crippen molar-refractivity contribution in [2.75, 3.05) is 13.1 Å². The van der Waals surface area contributed by atoms with Crippen molar-refractivity contribution in [1.29, 1.82) is 0 Å². The van der Waals surface area contributed by atoms with Gasteiger partial charge in [0.05, 0.1) is 6.61 Å². The molecule has 4 aromatic carbocycles. The summed E-state index contributed by atoms with van der Waals surface area (Å²) in [6.45, 7) is 1.51. The Morgan fingerprint density at radius 3 is 2.17 bits per heavy atom. The highest BCUT2D eigenvalue weighted by atomic mass is 17.1. The number of hydrogen-bond acceptors (Lipinski definition) is 8. The molecule has 0 saturated carbocycles. The van der Waals surface area contributed by atoms with Gasteiger partial charge in [-0.15, -0.1) is 0 Å². The summed E-state index contributed by atoms with van der Waals surface area (Å²) >= 11 is 0. The lowest BCUT2D eigenvalue weighted by molar-refractivity contribution is -0.253. The molecule has 0 aliphatic rings. The number of unbranched alkanes of at least 4 members (excludes halogenated alkanes) is 3. The number of carbonyl (C=O) groups excluding carboxylic acids is 1. The van der Waals surface area contributed by atoms with Gasteiger partial charge in [-0.2, -0.15) is 0 Å². The Bertz CT molecular complexity index is 1500. The molecule has 0 heterocycles. The van der Waals surface area contributed by atoms with E-state index < -0.39 is 5.97 Å². The van der Waals surface area contributed by atoms with E-state index in [4.69, 9.17) is 10.1 Å². The van der Waals surface area contributed by atoms with E-state index in [1.54, 1.807) is 30.3 Å². The third-order valence-corrected chi connectivity index (χ3v) is 6.60. The fraction of sp³-hybridized carbons (Fsp3) is 0.267. The average Bonchev–Trinajstić information content (AvgIpc) is 2.93. The molecular formula is C30H32N2O8. The molecule has 0 bridgehead atoms. The second-order valence-electron chi connectivity index (χ2n) is 9.53. The first-order valence-electron chi connectivity index (χ1n) is 13.0. The number of carboxylic acids is 1. The molecule has 10 heteroatoms. The molecule has 0 fully saturated rings. The van der Waals surface area contributed by atoms with Gasteiger partial charge >= 0.3 is 5.97 Å². The minimum absolute atomic E-state index is 0.0692. The Balaban J connectivity index is 1.11. The maximum Gasteiger partial charge on any atom is 0.339 e. The molecule has 0 aliphatic heterocycles. The van der Waals surface area contributed by atoms with Crippen LogP contribution in [0.25, 0.3) is 21.5 Å². The average molecular weight is 549 g/mol. The number of fused-ring (bicyclic) bond motifs is 2. The van der Waals surface area contributed by atoms with Crippen molar-refractivity contribution >= 4 is 33.4 Å². The highest BCUT2D eigenvalue weighted by Gasteiger charge is 2.13. The summed E-state index contributed by atoms with van der Waals surface area (Å²) in [4.78, 5) is 33.5. The van der Waals surface area contributed by atoms with Crippen LogP contribution in [0.3, 0.4) is 0 Å². The van der Waals surface area contributed by atoms with Crippen LogP contribution in [0, 0.1) is 0 Å². The smallest absolute Gasteiger partial charge is 0.339 e. The molecule has 4 rings (SSSR count). The van der Waals surface area contributed by atoms with E-state index in [0.717, 1.165) is 42.0 Å². The second-order valence-corrected chi connectivity index (χ2v) is 9.53. The Kier molecular flexibility index (Phi) is 9.87. The number of hydrogen-bond donors (Lipinski definition) is 6. The molecule has 0 radical (unpaired) electrons. The van der Waals surface area contributed by atoms with Gasteiger partial charge in [0.1, 0.15) is 23.7 Å². The fourth-order valence-electron chi connectivity index (χ4n) is 4.44. The molecule has 0 atom stereocenters. The third-order valence-electron chi connectivity index (χ3n) is 6.60. The first-order chi connectivity index (χ1) is 19.4. The molecule has 210 valence electrons. The van der Waals surface area contributed by atoms with E-state index in [1.807, 2.05) is 18.2 Å². The summed E-state index contributed by atoms with van der Waals surface area (Å²) in [5.41, 5.74) is 4.65. The van der Waals surface area contributed by atoms with Crippen LogP contribution in [-0.4, -0.2) is 45.5 Å². The molecule has 0 unspecified atom stereocenters. The largest absolute Gasteiger partial charge is 0.508 e. The van der Waals surface area contributed by atoms with E-state index in [0.29, 0.717) is 41.6 Å². The van der Waals surface area contributed by atoms with Gasteiger partial charge in [-0.3, -0.25) is 14.9 Å². The zero-order valence-electron chi connectivity index (χ0n) is 21.9. The van der Waals surface area contributed by atoms with E-state index in [2.05, 4.69) is 15.7 Å². The molecule has 0 saturated heterocycles. The summed E-state index contributed by atoms with van der Waals surface area (Å²) in [5, 5.41) is 43.5. The molecule has 0 spiro atoms. The van der Waals surface area contributed by atoms with E-state index >= 15 is 0 Å². The van der Waals surface area contributed by atoms with Gasteiger partial charge in [-0.05, 0) is 82.4 Å². The van der Waals surface area contributed by atoms with Gasteiger partial charge in [-0.1, -0.05) is 31.0 Å². The van der Waals surface area contributed by atoms with Gasteiger partial charge in [0.2, 0.25) is 0 Å². The Morgan fingerprint density at radius 2 is 1.43 bits per heavy atom. The lowest BCUT2D eigenvalue weighted by atomic mass is 10.0. The number of aromatic hydroxyl groups is 2. The molecule has 40 heavy (non-hydrogen) atoms. The van der Waals surface area contributed by atoms with Gasteiger partial charge in [0.15, 0.2) is 0 Å². The third kappa shape index (κ3) is 7.45. The maximum atomic E-state index is 12.5. The lowest BCUT2D eigenvalue weighted by Gasteiger charge is -2.09. The quantitative estimate of drug-likeness (QED) is 0.0716. The van der Waals surface area contributed by atoms with Crippen LogP contribution in [0.4, 0.5) is 0 Å². The summed E-state index contributed by atoms with van der Waals surface area (Å²) in [7, 11) is 0. The van der Waals surface area contributed by atoms with Crippen LogP contribution in [0.15, 0.2) is 60.7 Å². The SMILES string of the molecule is O=C(NCCCCCCNOCc1ccc2cc(O)c(COO)cc2c1)c1ccc2cc(O)c(C(=O)O)cc2c1. The number of hydroxylamine groups is 1. The minimum Gasteiger partial charge on any atom is -0.508 e. The number of phenolic OH excluding ortho intramolecular Hbond substituents is 1. The van der Waals surface area contributed by atoms with E-state index in [-0.39, 0.29) is 29.6 Å². The lowest BCUT2D eigenvalue weighted by Crippen LogP contribution is -2.24. The van der Waals surface area contributed by atoms with E-state index in [1.165, 1.54) is 12.1 Å². The van der Waals surface area contributed by atoms with Gasteiger partial charge in [0.25, 0.3) is 5.91 Å². The minimum atomic E-state index is -1.23. The maximum absolute atomic E-state index is 12.5. The van der Waals surface area contributed by atoms with Crippen LogP contribution < -0.4 is 10.8 Å². The fourth-order valence-corrected chi connectivity index (χ4v) is 4.44. The molecule has 1 amide bonds. The molecular weight excluding hydrogens is 516 g/mol. The number of carboxylic acid groups (broad SMARTS) is 1. The van der Waals surface area contributed by atoms with Crippen molar-refractivity contribution in [3.05, 3.63) is 82.9 Å². The monoisotopic (exact) mass is 548 g/mol. The topological polar surface area (TPSA) is 158 Å². The summed E-state index contributed by atoms with van der Waals surface area (Å²) in [6.07, 6.45) is 3.66. The van der Waals surface area contributed by atoms with E-state index in [9.17, 15) is 24.9 Å². The first kappa shape index (κ1) is 28.8. The number of nitrogens with one attached hydrogen (secondary N) is 2.